The monoisotopic (exact) mass is 582 g/mol. The van der Waals surface area contributed by atoms with Crippen molar-refractivity contribution in [3.8, 4) is 0 Å². The van der Waals surface area contributed by atoms with Crippen molar-refractivity contribution in [1.82, 2.24) is 19.4 Å². The van der Waals surface area contributed by atoms with E-state index in [0.29, 0.717) is 31.9 Å². The van der Waals surface area contributed by atoms with Crippen LogP contribution in [0.5, 0.6) is 0 Å². The lowest BCUT2D eigenvalue weighted by molar-refractivity contribution is -0.266. The molecule has 0 saturated carbocycles. The van der Waals surface area contributed by atoms with E-state index in [9.17, 15) is 45.8 Å². The van der Waals surface area contributed by atoms with E-state index in [2.05, 4.69) is 0 Å². The minimum absolute atomic E-state index is 0.00371. The van der Waals surface area contributed by atoms with Crippen molar-refractivity contribution in [3.05, 3.63) is 68.5 Å². The Kier molecular flexibility index (Phi) is 8.76. The molecule has 2 aliphatic heterocycles. The third-order valence-corrected chi connectivity index (χ3v) is 5.92. The maximum atomic E-state index is 12.7. The van der Waals surface area contributed by atoms with Gasteiger partial charge in [0.25, 0.3) is 11.1 Å². The van der Waals surface area contributed by atoms with Gasteiger partial charge in [-0.2, -0.15) is 13.2 Å². The summed E-state index contributed by atoms with van der Waals surface area (Å²) in [6.45, 7) is 6.27. The van der Waals surface area contributed by atoms with Crippen molar-refractivity contribution in [3.63, 3.8) is 0 Å². The van der Waals surface area contributed by atoms with Crippen LogP contribution in [0.3, 0.4) is 0 Å². The molecular formula is C24H28F6N4O6. The zero-order valence-electron chi connectivity index (χ0n) is 21.7. The number of aliphatic hydroxyl groups is 1. The molecule has 0 aromatic carbocycles. The Bertz CT molecular complexity index is 1320. The molecule has 0 radical (unpaired) electrons. The van der Waals surface area contributed by atoms with Crippen LogP contribution in [0.4, 0.5) is 31.1 Å². The van der Waals surface area contributed by atoms with Crippen LogP contribution in [-0.4, -0.2) is 75.0 Å². The van der Waals surface area contributed by atoms with E-state index in [0.717, 1.165) is 18.2 Å². The third kappa shape index (κ3) is 7.63. The number of hydrogen-bond acceptors (Lipinski definition) is 7. The lowest BCUT2D eigenvalue weighted by Crippen LogP contribution is -2.64. The number of carbonyl (C=O) groups is 1. The number of piperazine rings is 1. The minimum atomic E-state index is -4.70. The van der Waals surface area contributed by atoms with Gasteiger partial charge in [-0.15, -0.1) is 13.2 Å². The molecule has 16 heteroatoms. The fraction of sp³-hybridized carbons (Fsp3) is 0.542. The molecular weight excluding hydrogens is 554 g/mol. The van der Waals surface area contributed by atoms with Gasteiger partial charge in [0, 0.05) is 31.9 Å². The zero-order valence-corrected chi connectivity index (χ0v) is 21.7. The van der Waals surface area contributed by atoms with Gasteiger partial charge in [0.1, 0.15) is 11.3 Å². The van der Waals surface area contributed by atoms with E-state index in [1.54, 1.807) is 30.7 Å². The number of carbonyl (C=O) groups excluding carboxylic acids is 1. The quantitative estimate of drug-likeness (QED) is 0.497. The molecule has 0 bridgehead atoms. The Morgan fingerprint density at radius 3 is 2.27 bits per heavy atom. The van der Waals surface area contributed by atoms with Crippen LogP contribution in [0, 0.1) is 0 Å². The molecule has 4 heterocycles. The maximum Gasteiger partial charge on any atom is 0.491 e. The topological polar surface area (TPSA) is 117 Å². The van der Waals surface area contributed by atoms with Gasteiger partial charge in [-0.05, 0) is 39.0 Å². The van der Waals surface area contributed by atoms with Gasteiger partial charge in [0.15, 0.2) is 0 Å². The standard InChI is InChI=1S/C18H24F3N3O5.C6H4F3NO/c1-16(2,3)29-15(26)23-6-7-24-10-17(27,28-9-11(24)8-23)12-4-5-13(18(19,20)21)22-14(12)25;7-6(8,9)10-4-2-1-3-5(10)11/h4-5,11,27H,6-10H2,1-3H3,(H,22,25);1-4H/t11-,17-;/m0./s1. The summed E-state index contributed by atoms with van der Waals surface area (Å²) in [7, 11) is 0. The normalized spacial score (nSPS) is 22.1. The van der Waals surface area contributed by atoms with Crippen molar-refractivity contribution in [2.45, 2.75) is 50.7 Å². The molecule has 2 fully saturated rings. The number of ether oxygens (including phenoxy) is 2. The second kappa shape index (κ2) is 11.2. The predicted molar refractivity (Wildman–Crippen MR) is 127 cm³/mol. The summed E-state index contributed by atoms with van der Waals surface area (Å²) in [4.78, 5) is 40.0. The van der Waals surface area contributed by atoms with Crippen molar-refractivity contribution < 1.29 is 45.7 Å². The van der Waals surface area contributed by atoms with Crippen molar-refractivity contribution in [2.24, 2.45) is 0 Å². The van der Waals surface area contributed by atoms with Crippen molar-refractivity contribution >= 4 is 6.09 Å². The third-order valence-electron chi connectivity index (χ3n) is 5.92. The SMILES string of the molecule is CC(C)(C)OC(=O)N1CCN2C[C@@](O)(c3ccc(C(F)(F)F)[nH]c3=O)OC[C@@H]2C1.O=c1ccccn1C(F)(F)F. The van der Waals surface area contributed by atoms with E-state index in [1.165, 1.54) is 6.07 Å². The molecule has 2 saturated heterocycles. The highest BCUT2D eigenvalue weighted by atomic mass is 19.4. The number of rotatable bonds is 1. The number of aromatic amines is 1. The molecule has 0 aliphatic carbocycles. The first kappa shape index (κ1) is 31.2. The van der Waals surface area contributed by atoms with Gasteiger partial charge in [0.05, 0.1) is 24.8 Å². The number of alkyl halides is 6. The van der Waals surface area contributed by atoms with Crippen LogP contribution in [0.2, 0.25) is 0 Å². The Labute approximate surface area is 223 Å². The summed E-state index contributed by atoms with van der Waals surface area (Å²) in [5.74, 6) is -2.04. The molecule has 2 aromatic heterocycles. The van der Waals surface area contributed by atoms with Crippen molar-refractivity contribution in [2.75, 3.05) is 32.8 Å². The Hall–Kier alpha value is -3.37. The van der Waals surface area contributed by atoms with Gasteiger partial charge in [-0.1, -0.05) is 6.07 Å². The zero-order chi connectivity index (χ0) is 30.1. The largest absolute Gasteiger partial charge is 0.491 e. The molecule has 0 spiro atoms. The lowest BCUT2D eigenvalue weighted by Gasteiger charge is -2.48. The van der Waals surface area contributed by atoms with Gasteiger partial charge in [-0.3, -0.25) is 14.5 Å². The van der Waals surface area contributed by atoms with Crippen molar-refractivity contribution in [1.29, 1.82) is 0 Å². The molecule has 4 rings (SSSR count). The van der Waals surface area contributed by atoms with E-state index in [1.807, 2.05) is 4.90 Å². The number of halogens is 6. The number of fused-ring (bicyclic) bond motifs is 1. The first-order valence-electron chi connectivity index (χ1n) is 11.9. The fourth-order valence-electron chi connectivity index (χ4n) is 4.05. The number of hydrogen-bond donors (Lipinski definition) is 2. The Balaban J connectivity index is 0.000000336. The summed E-state index contributed by atoms with van der Waals surface area (Å²) >= 11 is 0. The minimum Gasteiger partial charge on any atom is -0.444 e. The highest BCUT2D eigenvalue weighted by molar-refractivity contribution is 5.68. The summed E-state index contributed by atoms with van der Waals surface area (Å²) < 4.78 is 84.2. The summed E-state index contributed by atoms with van der Waals surface area (Å²) in [6, 6.07) is 4.65. The molecule has 2 atom stereocenters. The van der Waals surface area contributed by atoms with Gasteiger partial charge in [-0.25, -0.2) is 9.36 Å². The smallest absolute Gasteiger partial charge is 0.444 e. The molecule has 222 valence electrons. The van der Waals surface area contributed by atoms with Gasteiger partial charge >= 0.3 is 18.6 Å². The molecule has 40 heavy (non-hydrogen) atoms. The van der Waals surface area contributed by atoms with Crippen LogP contribution in [0.1, 0.15) is 32.0 Å². The number of amides is 1. The summed E-state index contributed by atoms with van der Waals surface area (Å²) in [5.41, 5.74) is -4.25. The number of nitrogens with zero attached hydrogens (tertiary/aromatic N) is 3. The van der Waals surface area contributed by atoms with E-state index in [-0.39, 0.29) is 29.3 Å². The average Bonchev–Trinajstić information content (AvgIpc) is 2.82. The predicted octanol–water partition coefficient (Wildman–Crippen LogP) is 2.81. The van der Waals surface area contributed by atoms with Crippen LogP contribution in [-0.2, 0) is 27.7 Å². The molecule has 2 aliphatic rings. The lowest BCUT2D eigenvalue weighted by atomic mass is 10.0. The molecule has 1 amide bonds. The van der Waals surface area contributed by atoms with E-state index >= 15 is 0 Å². The highest BCUT2D eigenvalue weighted by Gasteiger charge is 2.45. The Morgan fingerprint density at radius 2 is 1.75 bits per heavy atom. The van der Waals surface area contributed by atoms with Crippen LogP contribution >= 0.6 is 0 Å². The summed E-state index contributed by atoms with van der Waals surface area (Å²) in [6.07, 6.45) is -9.07. The number of H-pyrrole nitrogens is 1. The van der Waals surface area contributed by atoms with Gasteiger partial charge in [0.2, 0.25) is 5.79 Å². The van der Waals surface area contributed by atoms with Crippen LogP contribution in [0.15, 0.2) is 46.1 Å². The molecule has 0 unspecified atom stereocenters. The number of pyridine rings is 2. The fourth-order valence-corrected chi connectivity index (χ4v) is 4.05. The first-order valence-corrected chi connectivity index (χ1v) is 11.9. The number of nitrogens with one attached hydrogen (secondary N) is 1. The first-order chi connectivity index (χ1) is 18.3. The number of morpholine rings is 1. The molecule has 10 nitrogen and oxygen atoms in total. The van der Waals surface area contributed by atoms with Crippen LogP contribution in [0.25, 0.3) is 0 Å². The second-order valence-electron chi connectivity index (χ2n) is 10.1. The number of aromatic nitrogens is 2. The van der Waals surface area contributed by atoms with Gasteiger partial charge < -0.3 is 24.5 Å². The molecule has 2 aromatic rings. The van der Waals surface area contributed by atoms with Crippen LogP contribution < -0.4 is 11.1 Å². The summed E-state index contributed by atoms with van der Waals surface area (Å²) in [5, 5.41) is 10.8. The van der Waals surface area contributed by atoms with E-state index in [4.69, 9.17) is 9.47 Å². The molecule has 2 N–H and O–H groups in total. The second-order valence-corrected chi connectivity index (χ2v) is 10.1. The Morgan fingerprint density at radius 1 is 1.07 bits per heavy atom. The maximum absolute atomic E-state index is 12.7. The average molecular weight is 582 g/mol. The highest BCUT2D eigenvalue weighted by Crippen LogP contribution is 2.31. The van der Waals surface area contributed by atoms with E-state index < -0.39 is 46.8 Å².